The van der Waals surface area contributed by atoms with Gasteiger partial charge >= 0.3 is 0 Å². The first-order valence-electron chi connectivity index (χ1n) is 6.02. The van der Waals surface area contributed by atoms with Crippen LogP contribution in [-0.4, -0.2) is 32.0 Å². The highest BCUT2D eigenvalue weighted by Crippen LogP contribution is 2.31. The van der Waals surface area contributed by atoms with Crippen molar-refractivity contribution in [3.05, 3.63) is 29.0 Å². The average molecular weight is 274 g/mol. The fourth-order valence-corrected chi connectivity index (χ4v) is 2.41. The topological polar surface area (TPSA) is 30.5 Å². The Morgan fingerprint density at radius 3 is 2.94 bits per heavy atom. The van der Waals surface area contributed by atoms with Crippen molar-refractivity contribution in [1.82, 2.24) is 0 Å². The Kier molecular flexibility index (Phi) is 4.43. The first-order chi connectivity index (χ1) is 8.67. The van der Waals surface area contributed by atoms with Crippen molar-refractivity contribution in [3.8, 4) is 0 Å². The van der Waals surface area contributed by atoms with Crippen molar-refractivity contribution in [2.75, 3.05) is 19.0 Å². The van der Waals surface area contributed by atoms with Gasteiger partial charge in [-0.2, -0.15) is 0 Å². The Morgan fingerprint density at radius 2 is 2.28 bits per heavy atom. The van der Waals surface area contributed by atoms with E-state index in [1.807, 2.05) is 6.92 Å². The Morgan fingerprint density at radius 1 is 1.50 bits per heavy atom. The van der Waals surface area contributed by atoms with Gasteiger partial charge < -0.3 is 14.8 Å². The summed E-state index contributed by atoms with van der Waals surface area (Å²) in [5.41, 5.74) is 0.407. The minimum absolute atomic E-state index is 0.0525. The molecule has 0 aliphatic heterocycles. The number of methoxy groups -OCH3 is 1. The summed E-state index contributed by atoms with van der Waals surface area (Å²) in [4.78, 5) is 0. The molecule has 0 spiro atoms. The van der Waals surface area contributed by atoms with Crippen LogP contribution in [0.2, 0.25) is 5.02 Å². The summed E-state index contributed by atoms with van der Waals surface area (Å²) in [5, 5.41) is 3.23. The molecule has 0 amide bonds. The van der Waals surface area contributed by atoms with Crippen molar-refractivity contribution in [1.29, 1.82) is 0 Å². The summed E-state index contributed by atoms with van der Waals surface area (Å²) in [7, 11) is 1.64. The second-order valence-corrected chi connectivity index (χ2v) is 4.69. The maximum Gasteiger partial charge on any atom is 0.164 e. The van der Waals surface area contributed by atoms with Crippen LogP contribution < -0.4 is 5.32 Å². The molecule has 100 valence electrons. The molecule has 0 heterocycles. The largest absolute Gasteiger partial charge is 0.377 e. The van der Waals surface area contributed by atoms with Gasteiger partial charge in [0.15, 0.2) is 5.82 Å². The van der Waals surface area contributed by atoms with Gasteiger partial charge in [-0.05, 0) is 25.5 Å². The van der Waals surface area contributed by atoms with E-state index in [1.165, 1.54) is 6.07 Å². The summed E-state index contributed by atoms with van der Waals surface area (Å²) in [6.07, 6.45) is 0.834. The minimum atomic E-state index is -0.422. The van der Waals surface area contributed by atoms with Gasteiger partial charge in [0.2, 0.25) is 0 Å². The molecule has 1 aromatic carbocycles. The van der Waals surface area contributed by atoms with Gasteiger partial charge in [0.05, 0.1) is 22.9 Å². The molecule has 1 fully saturated rings. The summed E-state index contributed by atoms with van der Waals surface area (Å²) in [6, 6.07) is 4.97. The molecule has 1 aliphatic carbocycles. The number of rotatable bonds is 5. The molecule has 1 N–H and O–H groups in total. The van der Waals surface area contributed by atoms with E-state index in [-0.39, 0.29) is 23.3 Å². The van der Waals surface area contributed by atoms with Crippen molar-refractivity contribution in [2.24, 2.45) is 0 Å². The van der Waals surface area contributed by atoms with Crippen LogP contribution in [0.1, 0.15) is 13.3 Å². The number of benzene rings is 1. The molecule has 3 unspecified atom stereocenters. The predicted octanol–water partition coefficient (Wildman–Crippen LogP) is 3.08. The van der Waals surface area contributed by atoms with Crippen LogP contribution in [0.25, 0.3) is 0 Å². The zero-order chi connectivity index (χ0) is 13.1. The molecule has 3 atom stereocenters. The monoisotopic (exact) mass is 273 g/mol. The van der Waals surface area contributed by atoms with Gasteiger partial charge in [-0.25, -0.2) is 4.39 Å². The first kappa shape index (κ1) is 13.6. The van der Waals surface area contributed by atoms with Crippen LogP contribution in [-0.2, 0) is 9.47 Å². The van der Waals surface area contributed by atoms with Gasteiger partial charge in [0.1, 0.15) is 6.10 Å². The van der Waals surface area contributed by atoms with E-state index in [0.717, 1.165) is 6.42 Å². The molecular formula is C13H17ClFNO2. The van der Waals surface area contributed by atoms with Gasteiger partial charge in [-0.1, -0.05) is 17.7 Å². The maximum atomic E-state index is 13.7. The van der Waals surface area contributed by atoms with Crippen LogP contribution >= 0.6 is 11.6 Å². The molecule has 1 aromatic rings. The third kappa shape index (κ3) is 2.60. The zero-order valence-electron chi connectivity index (χ0n) is 10.5. The number of halogens is 2. The van der Waals surface area contributed by atoms with Crippen LogP contribution in [0.5, 0.6) is 0 Å². The molecule has 1 aliphatic rings. The molecule has 1 saturated carbocycles. The van der Waals surface area contributed by atoms with Crippen molar-refractivity contribution in [2.45, 2.75) is 31.6 Å². The standard InChI is InChI=1S/C13H17ClFNO2/c1-3-18-11-7-10(13(11)17-2)16-9-6-4-5-8(14)12(9)15/h4-6,10-11,13,16H,3,7H2,1-2H3. The summed E-state index contributed by atoms with van der Waals surface area (Å²) in [6.45, 7) is 2.60. The number of hydrogen-bond donors (Lipinski definition) is 1. The van der Waals surface area contributed by atoms with E-state index in [9.17, 15) is 4.39 Å². The SMILES string of the molecule is CCOC1CC(Nc2cccc(Cl)c2F)C1OC. The molecule has 0 radical (unpaired) electrons. The Labute approximate surface area is 111 Å². The highest BCUT2D eigenvalue weighted by atomic mass is 35.5. The van der Waals surface area contributed by atoms with Crippen molar-refractivity contribution >= 4 is 17.3 Å². The lowest BCUT2D eigenvalue weighted by molar-refractivity contribution is -0.118. The first-order valence-corrected chi connectivity index (χ1v) is 6.40. The molecule has 3 nitrogen and oxygen atoms in total. The number of nitrogens with one attached hydrogen (secondary N) is 1. The molecule has 0 saturated heterocycles. The van der Waals surface area contributed by atoms with E-state index in [0.29, 0.717) is 12.3 Å². The lowest BCUT2D eigenvalue weighted by atomic mass is 9.85. The normalized spacial score (nSPS) is 26.8. The van der Waals surface area contributed by atoms with Gasteiger partial charge in [0.25, 0.3) is 0 Å². The molecular weight excluding hydrogens is 257 g/mol. The predicted molar refractivity (Wildman–Crippen MR) is 69.6 cm³/mol. The smallest absolute Gasteiger partial charge is 0.164 e. The van der Waals surface area contributed by atoms with Crippen LogP contribution in [0.4, 0.5) is 10.1 Å². The summed E-state index contributed by atoms with van der Waals surface area (Å²) < 4.78 is 24.6. The molecule has 0 aromatic heterocycles. The Bertz CT molecular complexity index is 416. The van der Waals surface area contributed by atoms with Crippen molar-refractivity contribution in [3.63, 3.8) is 0 Å². The minimum Gasteiger partial charge on any atom is -0.377 e. The zero-order valence-corrected chi connectivity index (χ0v) is 11.2. The maximum absolute atomic E-state index is 13.7. The van der Waals surface area contributed by atoms with E-state index in [2.05, 4.69) is 5.32 Å². The van der Waals surface area contributed by atoms with E-state index < -0.39 is 5.82 Å². The number of anilines is 1. The van der Waals surface area contributed by atoms with Gasteiger partial charge in [-0.3, -0.25) is 0 Å². The quantitative estimate of drug-likeness (QED) is 0.894. The van der Waals surface area contributed by atoms with Gasteiger partial charge in [0, 0.05) is 13.7 Å². The van der Waals surface area contributed by atoms with Crippen LogP contribution in [0.15, 0.2) is 18.2 Å². The summed E-state index contributed by atoms with van der Waals surface area (Å²) in [5.74, 6) is -0.422. The fraction of sp³-hybridized carbons (Fsp3) is 0.538. The van der Waals surface area contributed by atoms with Crippen molar-refractivity contribution < 1.29 is 13.9 Å². The Balaban J connectivity index is 2.00. The van der Waals surface area contributed by atoms with E-state index in [4.69, 9.17) is 21.1 Å². The lowest BCUT2D eigenvalue weighted by Gasteiger charge is -2.43. The second-order valence-electron chi connectivity index (χ2n) is 4.28. The number of hydrogen-bond acceptors (Lipinski definition) is 3. The molecule has 18 heavy (non-hydrogen) atoms. The summed E-state index contributed by atoms with van der Waals surface area (Å²) >= 11 is 5.74. The average Bonchev–Trinajstić information content (AvgIpc) is 2.33. The van der Waals surface area contributed by atoms with Crippen LogP contribution in [0, 0.1) is 5.82 Å². The van der Waals surface area contributed by atoms with Crippen LogP contribution in [0.3, 0.4) is 0 Å². The number of ether oxygens (including phenoxy) is 2. The lowest BCUT2D eigenvalue weighted by Crippen LogP contribution is -2.56. The van der Waals surface area contributed by atoms with Gasteiger partial charge in [-0.15, -0.1) is 0 Å². The highest BCUT2D eigenvalue weighted by Gasteiger charge is 2.42. The fourth-order valence-electron chi connectivity index (χ4n) is 2.23. The van der Waals surface area contributed by atoms with E-state index >= 15 is 0 Å². The van der Waals surface area contributed by atoms with E-state index in [1.54, 1.807) is 19.2 Å². The molecule has 5 heteroatoms. The third-order valence-corrected chi connectivity index (χ3v) is 3.49. The molecule has 0 bridgehead atoms. The Hall–Kier alpha value is -0.840. The molecule has 2 rings (SSSR count). The second kappa shape index (κ2) is 5.87. The highest BCUT2D eigenvalue weighted by molar-refractivity contribution is 6.31. The third-order valence-electron chi connectivity index (χ3n) is 3.19.